The number of hydrogen-bond acceptors (Lipinski definition) is 6. The molecule has 1 aliphatic heterocycles. The number of carboxylic acid groups (broad SMARTS) is 1. The van der Waals surface area contributed by atoms with Crippen LogP contribution >= 0.6 is 0 Å². The van der Waals surface area contributed by atoms with Crippen molar-refractivity contribution in [1.82, 2.24) is 4.90 Å². The number of esters is 1. The van der Waals surface area contributed by atoms with Gasteiger partial charge in [0.2, 0.25) is 0 Å². The summed E-state index contributed by atoms with van der Waals surface area (Å²) in [4.78, 5) is 38.0. The van der Waals surface area contributed by atoms with Crippen molar-refractivity contribution in [2.45, 2.75) is 6.54 Å². The molecule has 1 amide bonds. The second-order valence-electron chi connectivity index (χ2n) is 8.36. The Labute approximate surface area is 202 Å². The fourth-order valence-corrected chi connectivity index (χ4v) is 3.85. The van der Waals surface area contributed by atoms with Crippen LogP contribution in [0.4, 0.5) is 11.4 Å². The Morgan fingerprint density at radius 1 is 0.971 bits per heavy atom. The molecule has 35 heavy (non-hydrogen) atoms. The number of amides is 1. The third kappa shape index (κ3) is 5.56. The van der Waals surface area contributed by atoms with Crippen LogP contribution in [0.5, 0.6) is 0 Å². The monoisotopic (exact) mass is 471 g/mol. The maximum atomic E-state index is 13.1. The molecule has 4 rings (SSSR count). The number of rotatable bonds is 8. The molecule has 0 radical (unpaired) electrons. The summed E-state index contributed by atoms with van der Waals surface area (Å²) in [5.41, 5.74) is 5.11. The Morgan fingerprint density at radius 2 is 1.69 bits per heavy atom. The van der Waals surface area contributed by atoms with Crippen LogP contribution in [0.1, 0.15) is 27.0 Å². The van der Waals surface area contributed by atoms with Gasteiger partial charge in [-0.25, -0.2) is 9.59 Å². The summed E-state index contributed by atoms with van der Waals surface area (Å²) < 4.78 is 4.75. The van der Waals surface area contributed by atoms with Crippen molar-refractivity contribution < 1.29 is 24.2 Å². The number of nitrogens with zero attached hydrogens (tertiary/aromatic N) is 1. The molecule has 8 heteroatoms. The zero-order valence-electron chi connectivity index (χ0n) is 19.4. The quantitative estimate of drug-likeness (QED) is 0.338. The normalized spacial score (nSPS) is 13.7. The molecular formula is C27H25N3O5. The summed E-state index contributed by atoms with van der Waals surface area (Å²) in [7, 11) is 4.02. The highest BCUT2D eigenvalue weighted by Gasteiger charge is 2.29. The third-order valence-electron chi connectivity index (χ3n) is 5.36. The standard InChI is InChI=1S/C27H25N3O5/c1-30(2)15-17-8-11-20(12-9-17)28-25(18-6-4-3-5-7-18)24-21-13-10-19(14-22(21)29-26(24)33)27(34)35-16-23(31)32/h3-14,28H,15-16H2,1-2H3,(H,29,33)(H,31,32)/b25-24-. The van der Waals surface area contributed by atoms with Gasteiger partial charge in [-0.05, 0) is 49.5 Å². The fraction of sp³-hybridized carbons (Fsp3) is 0.148. The molecule has 178 valence electrons. The Kier molecular flexibility index (Phi) is 6.93. The van der Waals surface area contributed by atoms with Crippen molar-refractivity contribution in [3.63, 3.8) is 0 Å². The van der Waals surface area contributed by atoms with Gasteiger partial charge in [0.05, 0.1) is 22.5 Å². The van der Waals surface area contributed by atoms with Gasteiger partial charge >= 0.3 is 11.9 Å². The van der Waals surface area contributed by atoms with Gasteiger partial charge in [0, 0.05) is 17.8 Å². The summed E-state index contributed by atoms with van der Waals surface area (Å²) in [5.74, 6) is -2.33. The predicted octanol–water partition coefficient (Wildman–Crippen LogP) is 3.92. The van der Waals surface area contributed by atoms with Crippen molar-refractivity contribution >= 4 is 40.5 Å². The maximum absolute atomic E-state index is 13.1. The smallest absolute Gasteiger partial charge is 0.341 e. The second kappa shape index (κ2) is 10.2. The number of aliphatic carboxylic acids is 1. The zero-order valence-corrected chi connectivity index (χ0v) is 19.4. The SMILES string of the molecule is CN(C)Cc1ccc(N/C(=C2\C(=O)Nc3cc(C(=O)OCC(=O)O)ccc32)c2ccccc2)cc1. The lowest BCUT2D eigenvalue weighted by molar-refractivity contribution is -0.140. The Morgan fingerprint density at radius 3 is 2.34 bits per heavy atom. The molecule has 3 aromatic rings. The number of hydrogen-bond donors (Lipinski definition) is 3. The highest BCUT2D eigenvalue weighted by atomic mass is 16.5. The molecule has 3 N–H and O–H groups in total. The number of fused-ring (bicyclic) bond motifs is 1. The summed E-state index contributed by atoms with van der Waals surface area (Å²) >= 11 is 0. The third-order valence-corrected chi connectivity index (χ3v) is 5.36. The first-order chi connectivity index (χ1) is 16.8. The molecule has 0 unspecified atom stereocenters. The van der Waals surface area contributed by atoms with Gasteiger partial charge in [-0.3, -0.25) is 4.79 Å². The van der Waals surface area contributed by atoms with E-state index in [9.17, 15) is 14.4 Å². The molecule has 3 aromatic carbocycles. The van der Waals surface area contributed by atoms with E-state index in [1.165, 1.54) is 17.7 Å². The van der Waals surface area contributed by atoms with E-state index >= 15 is 0 Å². The van der Waals surface area contributed by atoms with E-state index < -0.39 is 18.5 Å². The largest absolute Gasteiger partial charge is 0.479 e. The first-order valence-electron chi connectivity index (χ1n) is 11.0. The fourth-order valence-electron chi connectivity index (χ4n) is 3.85. The second-order valence-corrected chi connectivity index (χ2v) is 8.36. The highest BCUT2D eigenvalue weighted by molar-refractivity contribution is 6.37. The van der Waals surface area contributed by atoms with E-state index in [1.807, 2.05) is 68.7 Å². The van der Waals surface area contributed by atoms with Gasteiger partial charge < -0.3 is 25.4 Å². The van der Waals surface area contributed by atoms with Crippen LogP contribution < -0.4 is 10.6 Å². The van der Waals surface area contributed by atoms with Gasteiger partial charge in [0.25, 0.3) is 5.91 Å². The molecule has 1 aliphatic rings. The Bertz CT molecular complexity index is 1300. The maximum Gasteiger partial charge on any atom is 0.341 e. The summed E-state index contributed by atoms with van der Waals surface area (Å²) in [6.07, 6.45) is 0. The van der Waals surface area contributed by atoms with Crippen LogP contribution in [0.3, 0.4) is 0 Å². The number of ether oxygens (including phenoxy) is 1. The van der Waals surface area contributed by atoms with E-state index in [0.717, 1.165) is 17.8 Å². The van der Waals surface area contributed by atoms with Crippen LogP contribution in [0.15, 0.2) is 72.8 Å². The molecule has 0 saturated carbocycles. The van der Waals surface area contributed by atoms with Crippen LogP contribution in [-0.2, 0) is 20.9 Å². The number of benzene rings is 3. The van der Waals surface area contributed by atoms with Crippen molar-refractivity contribution in [2.75, 3.05) is 31.3 Å². The number of nitrogens with one attached hydrogen (secondary N) is 2. The molecule has 1 heterocycles. The molecule has 0 spiro atoms. The Hall–Kier alpha value is -4.43. The first kappa shape index (κ1) is 23.7. The van der Waals surface area contributed by atoms with E-state index in [4.69, 9.17) is 9.84 Å². The van der Waals surface area contributed by atoms with Gasteiger partial charge in [-0.15, -0.1) is 0 Å². The Balaban J connectivity index is 1.72. The minimum atomic E-state index is -1.24. The van der Waals surface area contributed by atoms with Gasteiger partial charge in [0.15, 0.2) is 6.61 Å². The average molecular weight is 472 g/mol. The van der Waals surface area contributed by atoms with E-state index in [1.54, 1.807) is 6.07 Å². The van der Waals surface area contributed by atoms with Crippen LogP contribution in [0, 0.1) is 0 Å². The molecule has 0 aliphatic carbocycles. The van der Waals surface area contributed by atoms with Crippen LogP contribution in [0.2, 0.25) is 0 Å². The number of anilines is 2. The van der Waals surface area contributed by atoms with Gasteiger partial charge in [0.1, 0.15) is 0 Å². The van der Waals surface area contributed by atoms with Gasteiger partial charge in [-0.2, -0.15) is 0 Å². The van der Waals surface area contributed by atoms with E-state index in [0.29, 0.717) is 22.5 Å². The van der Waals surface area contributed by atoms with Gasteiger partial charge in [-0.1, -0.05) is 48.5 Å². The van der Waals surface area contributed by atoms with Crippen molar-refractivity contribution in [2.24, 2.45) is 0 Å². The highest BCUT2D eigenvalue weighted by Crippen LogP contribution is 2.38. The minimum absolute atomic E-state index is 0.150. The van der Waals surface area contributed by atoms with E-state index in [2.05, 4.69) is 15.5 Å². The van der Waals surface area contributed by atoms with E-state index in [-0.39, 0.29) is 11.5 Å². The zero-order chi connectivity index (χ0) is 24.9. The lowest BCUT2D eigenvalue weighted by atomic mass is 9.99. The number of carboxylic acids is 1. The lowest BCUT2D eigenvalue weighted by Gasteiger charge is -2.16. The summed E-state index contributed by atoms with van der Waals surface area (Å²) in [6.45, 7) is 0.0861. The molecule has 0 saturated heterocycles. The number of carbonyl (C=O) groups is 3. The molecule has 0 atom stereocenters. The summed E-state index contributed by atoms with van der Waals surface area (Å²) in [5, 5.41) is 14.9. The molecule has 8 nitrogen and oxygen atoms in total. The van der Waals surface area contributed by atoms with Crippen molar-refractivity contribution in [1.29, 1.82) is 0 Å². The minimum Gasteiger partial charge on any atom is -0.479 e. The van der Waals surface area contributed by atoms with Crippen LogP contribution in [-0.4, -0.2) is 48.6 Å². The first-order valence-corrected chi connectivity index (χ1v) is 11.0. The van der Waals surface area contributed by atoms with Crippen LogP contribution in [0.25, 0.3) is 11.3 Å². The molecule has 0 bridgehead atoms. The lowest BCUT2D eigenvalue weighted by Crippen LogP contribution is -2.13. The molecule has 0 aromatic heterocycles. The van der Waals surface area contributed by atoms with Crippen molar-refractivity contribution in [3.8, 4) is 0 Å². The molecular weight excluding hydrogens is 446 g/mol. The predicted molar refractivity (Wildman–Crippen MR) is 134 cm³/mol. The topological polar surface area (TPSA) is 108 Å². The summed E-state index contributed by atoms with van der Waals surface area (Å²) in [6, 6.07) is 22.2. The molecule has 0 fully saturated rings. The number of carbonyl (C=O) groups excluding carboxylic acids is 2. The van der Waals surface area contributed by atoms with Crippen molar-refractivity contribution in [3.05, 3.63) is 95.1 Å². The average Bonchev–Trinajstić information content (AvgIpc) is 3.17.